The number of nitrogens with one attached hydrogen (secondary N) is 1. The van der Waals surface area contributed by atoms with Gasteiger partial charge in [-0.25, -0.2) is 9.97 Å². The number of aryl methyl sites for hydroxylation is 1. The minimum Gasteiger partial charge on any atom is -0.366 e. The van der Waals surface area contributed by atoms with Crippen LogP contribution in [0.5, 0.6) is 0 Å². The normalized spacial score (nSPS) is 19.7. The van der Waals surface area contributed by atoms with E-state index in [9.17, 15) is 13.2 Å². The Kier molecular flexibility index (Phi) is 8.36. The number of aromatic nitrogens is 2. The Bertz CT molecular complexity index is 971. The summed E-state index contributed by atoms with van der Waals surface area (Å²) in [6.07, 6.45) is -2.97. The molecule has 1 aliphatic rings. The summed E-state index contributed by atoms with van der Waals surface area (Å²) in [6.45, 7) is 6.72. The number of rotatable bonds is 7. The molecule has 32 heavy (non-hydrogen) atoms. The molecule has 1 saturated heterocycles. The van der Waals surface area contributed by atoms with Gasteiger partial charge in [-0.05, 0) is 37.6 Å². The highest BCUT2D eigenvalue weighted by atomic mass is 35.5. The number of hydrogen-bond acceptors (Lipinski definition) is 5. The van der Waals surface area contributed by atoms with Crippen molar-refractivity contribution in [2.24, 2.45) is 0 Å². The predicted octanol–water partition coefficient (Wildman–Crippen LogP) is 5.73. The van der Waals surface area contributed by atoms with Crippen LogP contribution in [0.3, 0.4) is 0 Å². The van der Waals surface area contributed by atoms with Crippen molar-refractivity contribution in [2.45, 2.75) is 50.7 Å². The molecule has 2 unspecified atom stereocenters. The van der Waals surface area contributed by atoms with E-state index in [1.807, 2.05) is 13.0 Å². The third-order valence-corrected chi connectivity index (χ3v) is 6.19. The lowest BCUT2D eigenvalue weighted by Crippen LogP contribution is -2.46. The van der Waals surface area contributed by atoms with E-state index >= 15 is 0 Å². The van der Waals surface area contributed by atoms with Crippen LogP contribution in [0.1, 0.15) is 36.0 Å². The van der Waals surface area contributed by atoms with Crippen LogP contribution in [0.25, 0.3) is 0 Å². The van der Waals surface area contributed by atoms with E-state index in [-0.39, 0.29) is 16.4 Å². The Morgan fingerprint density at radius 1 is 1.22 bits per heavy atom. The molecule has 1 aromatic carbocycles. The zero-order chi connectivity index (χ0) is 23.5. The van der Waals surface area contributed by atoms with Crippen molar-refractivity contribution in [1.29, 1.82) is 0 Å². The summed E-state index contributed by atoms with van der Waals surface area (Å²) < 4.78 is 38.7. The number of nitrogens with zero attached hydrogens (tertiary/aromatic N) is 3. The van der Waals surface area contributed by atoms with Gasteiger partial charge in [-0.3, -0.25) is 0 Å². The van der Waals surface area contributed by atoms with E-state index < -0.39 is 11.7 Å². The summed E-state index contributed by atoms with van der Waals surface area (Å²) in [5.41, 5.74) is 0.576. The van der Waals surface area contributed by atoms with Crippen molar-refractivity contribution in [3.05, 3.63) is 51.9 Å². The summed E-state index contributed by atoms with van der Waals surface area (Å²) in [5.74, 6) is 1.29. The van der Waals surface area contributed by atoms with Gasteiger partial charge in [0.15, 0.2) is 0 Å². The Morgan fingerprint density at radius 3 is 2.62 bits per heavy atom. The minimum atomic E-state index is -4.48. The van der Waals surface area contributed by atoms with Crippen LogP contribution in [-0.2, 0) is 19.0 Å². The number of piperidine rings is 1. The highest BCUT2D eigenvalue weighted by Crippen LogP contribution is 2.35. The maximum absolute atomic E-state index is 12.9. The molecular formula is C22H25Cl2F3N4S. The molecule has 2 atom stereocenters. The molecule has 0 saturated carbocycles. The third kappa shape index (κ3) is 7.01. The number of benzene rings is 1. The molecule has 2 heterocycles. The van der Waals surface area contributed by atoms with Crippen LogP contribution in [0.2, 0.25) is 5.02 Å². The molecule has 1 aliphatic heterocycles. The van der Waals surface area contributed by atoms with Gasteiger partial charge in [0, 0.05) is 54.0 Å². The summed E-state index contributed by atoms with van der Waals surface area (Å²) in [6, 6.07) is 5.77. The fourth-order valence-electron chi connectivity index (χ4n) is 3.84. The summed E-state index contributed by atoms with van der Waals surface area (Å²) in [7, 11) is 0. The van der Waals surface area contributed by atoms with E-state index in [4.69, 9.17) is 35.4 Å². The number of alkyl halides is 4. The fraction of sp³-hybridized carbons (Fsp3) is 0.500. The second kappa shape index (κ2) is 10.6. The van der Waals surface area contributed by atoms with Gasteiger partial charge in [-0.2, -0.15) is 13.2 Å². The first-order valence-corrected chi connectivity index (χ1v) is 11.6. The summed E-state index contributed by atoms with van der Waals surface area (Å²) in [4.78, 5) is 12.0. The van der Waals surface area contributed by atoms with Crippen molar-refractivity contribution in [2.75, 3.05) is 25.0 Å². The van der Waals surface area contributed by atoms with Crippen LogP contribution >= 0.6 is 35.4 Å². The molecule has 10 heteroatoms. The molecule has 0 spiro atoms. The van der Waals surface area contributed by atoms with Crippen molar-refractivity contribution in [3.8, 4) is 0 Å². The second-order valence-electron chi connectivity index (χ2n) is 8.04. The topological polar surface area (TPSA) is 41.0 Å². The average molecular weight is 505 g/mol. The molecule has 0 aliphatic carbocycles. The number of likely N-dealkylation sites (tertiary alicyclic amines) is 1. The molecule has 4 nitrogen and oxygen atoms in total. The Hall–Kier alpha value is -1.48. The Morgan fingerprint density at radius 2 is 1.97 bits per heavy atom. The van der Waals surface area contributed by atoms with Crippen molar-refractivity contribution < 1.29 is 13.2 Å². The molecule has 3 rings (SSSR count). The van der Waals surface area contributed by atoms with Crippen molar-refractivity contribution in [1.82, 2.24) is 14.9 Å². The van der Waals surface area contributed by atoms with E-state index in [0.717, 1.165) is 43.6 Å². The number of hydrogen-bond donors (Lipinski definition) is 1. The molecule has 0 amide bonds. The first-order valence-electron chi connectivity index (χ1n) is 10.4. The van der Waals surface area contributed by atoms with Crippen LogP contribution in [-0.4, -0.2) is 50.8 Å². The molecule has 1 fully saturated rings. The molecule has 1 aromatic heterocycles. The molecule has 2 aromatic rings. The van der Waals surface area contributed by atoms with Gasteiger partial charge in [0.05, 0.1) is 10.6 Å². The lowest BCUT2D eigenvalue weighted by Gasteiger charge is -2.35. The quantitative estimate of drug-likeness (QED) is 0.385. The molecule has 174 valence electrons. The zero-order valence-electron chi connectivity index (χ0n) is 17.8. The van der Waals surface area contributed by atoms with Crippen LogP contribution in [0, 0.1) is 6.92 Å². The van der Waals surface area contributed by atoms with Gasteiger partial charge in [0.2, 0.25) is 0 Å². The van der Waals surface area contributed by atoms with Gasteiger partial charge in [0.1, 0.15) is 11.6 Å². The van der Waals surface area contributed by atoms with E-state index in [1.165, 1.54) is 12.1 Å². The molecule has 0 radical (unpaired) electrons. The van der Waals surface area contributed by atoms with Gasteiger partial charge in [0.25, 0.3) is 0 Å². The largest absolute Gasteiger partial charge is 0.417 e. The Labute approximate surface area is 201 Å². The summed E-state index contributed by atoms with van der Waals surface area (Å²) >= 11 is 17.7. The standard InChI is InChI=1S/C22H25Cl2F3N4S/c1-3-31-11-15(23)9-16(12-31)29-20-6-13(2)28-21(30-20)10-17(32)7-14-4-5-18(19(24)8-14)22(25,26)27/h4-6,8,15-16H,3,7,9-12H2,1-2H3,(H,28,29,30). The minimum absolute atomic E-state index is 0.0896. The highest BCUT2D eigenvalue weighted by Gasteiger charge is 2.33. The van der Waals surface area contributed by atoms with Gasteiger partial charge in [-0.1, -0.05) is 36.8 Å². The SMILES string of the molecule is CCN1CC(Cl)CC(Nc2cc(C)nc(CC(=S)Cc3ccc(C(F)(F)F)c(Cl)c3)n2)C1. The molecule has 0 bridgehead atoms. The fourth-order valence-corrected chi connectivity index (χ4v) is 4.86. The second-order valence-corrected chi connectivity index (χ2v) is 9.64. The van der Waals surface area contributed by atoms with E-state index in [2.05, 4.69) is 27.1 Å². The maximum Gasteiger partial charge on any atom is 0.417 e. The van der Waals surface area contributed by atoms with Gasteiger partial charge >= 0.3 is 6.18 Å². The summed E-state index contributed by atoms with van der Waals surface area (Å²) in [5, 5.41) is 3.22. The zero-order valence-corrected chi connectivity index (χ0v) is 20.2. The third-order valence-electron chi connectivity index (χ3n) is 5.27. The number of halogens is 5. The lowest BCUT2D eigenvalue weighted by atomic mass is 10.0. The van der Waals surface area contributed by atoms with Crippen LogP contribution in [0.15, 0.2) is 24.3 Å². The monoisotopic (exact) mass is 504 g/mol. The molecular weight excluding hydrogens is 480 g/mol. The first kappa shape index (κ1) is 25.1. The average Bonchev–Trinajstić information content (AvgIpc) is 2.65. The van der Waals surface area contributed by atoms with E-state index in [1.54, 1.807) is 0 Å². The number of thiocarbonyl (C=S) groups is 1. The highest BCUT2D eigenvalue weighted by molar-refractivity contribution is 7.80. The van der Waals surface area contributed by atoms with Crippen LogP contribution < -0.4 is 5.32 Å². The first-order chi connectivity index (χ1) is 15.0. The maximum atomic E-state index is 12.9. The van der Waals surface area contributed by atoms with Crippen LogP contribution in [0.4, 0.5) is 19.0 Å². The number of likely N-dealkylation sites (N-methyl/N-ethyl adjacent to an activating group) is 1. The lowest BCUT2D eigenvalue weighted by molar-refractivity contribution is -0.137. The Balaban J connectivity index is 1.65. The van der Waals surface area contributed by atoms with Crippen molar-refractivity contribution >= 4 is 46.1 Å². The van der Waals surface area contributed by atoms with Crippen molar-refractivity contribution in [3.63, 3.8) is 0 Å². The van der Waals surface area contributed by atoms with E-state index in [0.29, 0.717) is 29.1 Å². The van der Waals surface area contributed by atoms with Gasteiger partial charge < -0.3 is 10.2 Å². The number of anilines is 1. The van der Waals surface area contributed by atoms with Gasteiger partial charge in [-0.15, -0.1) is 11.6 Å². The predicted molar refractivity (Wildman–Crippen MR) is 127 cm³/mol. The smallest absolute Gasteiger partial charge is 0.366 e. The molecule has 1 N–H and O–H groups in total.